The zero-order chi connectivity index (χ0) is 16.2. The molecule has 6 heteroatoms. The van der Waals surface area contributed by atoms with E-state index in [1.807, 2.05) is 41.6 Å². The van der Waals surface area contributed by atoms with Crippen LogP contribution in [0.4, 0.5) is 0 Å². The Morgan fingerprint density at radius 1 is 1.35 bits per heavy atom. The highest BCUT2D eigenvalue weighted by Gasteiger charge is 2.29. The van der Waals surface area contributed by atoms with Gasteiger partial charge in [0.15, 0.2) is 0 Å². The van der Waals surface area contributed by atoms with Gasteiger partial charge in [-0.2, -0.15) is 5.10 Å². The normalized spacial score (nSPS) is 17.7. The van der Waals surface area contributed by atoms with Gasteiger partial charge in [0.2, 0.25) is 5.91 Å². The number of aromatic nitrogens is 4. The fourth-order valence-electron chi connectivity index (χ4n) is 3.21. The molecule has 1 saturated heterocycles. The first-order valence-corrected chi connectivity index (χ1v) is 8.21. The molecule has 0 saturated carbocycles. The van der Waals surface area contributed by atoms with Gasteiger partial charge in [-0.3, -0.25) is 9.78 Å². The highest BCUT2D eigenvalue weighted by atomic mass is 16.2. The van der Waals surface area contributed by atoms with Crippen molar-refractivity contribution < 1.29 is 4.79 Å². The topological polar surface area (TPSA) is 63.9 Å². The number of hydrogen-bond acceptors (Lipinski definition) is 4. The molecule has 1 aliphatic heterocycles. The van der Waals surface area contributed by atoms with Gasteiger partial charge in [0, 0.05) is 24.9 Å². The maximum atomic E-state index is 12.6. The third-order valence-corrected chi connectivity index (χ3v) is 4.36. The minimum Gasteiger partial charge on any atom is -0.338 e. The lowest BCUT2D eigenvalue weighted by atomic mass is 10.2. The van der Waals surface area contributed by atoms with Gasteiger partial charge in [-0.15, -0.1) is 0 Å². The van der Waals surface area contributed by atoms with E-state index in [1.165, 1.54) is 0 Å². The fourth-order valence-corrected chi connectivity index (χ4v) is 3.21. The van der Waals surface area contributed by atoms with Crippen molar-refractivity contribution in [2.75, 3.05) is 6.54 Å². The van der Waals surface area contributed by atoms with Crippen molar-refractivity contribution in [3.63, 3.8) is 0 Å². The number of aryl methyl sites for hydroxylation is 3. The number of rotatable bonds is 5. The molecule has 0 aliphatic carbocycles. The summed E-state index contributed by atoms with van der Waals surface area (Å²) >= 11 is 0. The fraction of sp³-hybridized carbons (Fsp3) is 0.529. The number of carbonyl (C=O) groups excluding carboxylic acids is 1. The molecule has 23 heavy (non-hydrogen) atoms. The van der Waals surface area contributed by atoms with Crippen LogP contribution in [0.1, 0.15) is 36.6 Å². The molecule has 0 radical (unpaired) electrons. The molecule has 1 atom stereocenters. The molecule has 1 aliphatic rings. The monoisotopic (exact) mass is 313 g/mol. The number of amides is 1. The Kier molecular flexibility index (Phi) is 4.69. The molecule has 3 rings (SSSR count). The Balaban J connectivity index is 1.59. The SMILES string of the molecule is Cc1nc(C)n(CC2CCCN2C(=O)CCc2ccccn2)n1. The van der Waals surface area contributed by atoms with Crippen LogP contribution in [0.5, 0.6) is 0 Å². The van der Waals surface area contributed by atoms with Crippen molar-refractivity contribution in [2.24, 2.45) is 0 Å². The highest BCUT2D eigenvalue weighted by molar-refractivity contribution is 5.77. The Morgan fingerprint density at radius 2 is 2.22 bits per heavy atom. The van der Waals surface area contributed by atoms with Crippen LogP contribution in [-0.2, 0) is 17.8 Å². The average molecular weight is 313 g/mol. The summed E-state index contributed by atoms with van der Waals surface area (Å²) in [4.78, 5) is 23.2. The number of pyridine rings is 1. The second-order valence-electron chi connectivity index (χ2n) is 6.09. The van der Waals surface area contributed by atoms with Crippen molar-refractivity contribution in [1.29, 1.82) is 0 Å². The van der Waals surface area contributed by atoms with E-state index in [-0.39, 0.29) is 11.9 Å². The van der Waals surface area contributed by atoms with E-state index in [1.54, 1.807) is 6.20 Å². The summed E-state index contributed by atoms with van der Waals surface area (Å²) in [6.45, 7) is 5.44. The van der Waals surface area contributed by atoms with Gasteiger partial charge in [0.05, 0.1) is 12.6 Å². The quantitative estimate of drug-likeness (QED) is 0.846. The molecule has 1 fully saturated rings. The van der Waals surface area contributed by atoms with Gasteiger partial charge in [-0.25, -0.2) is 9.67 Å². The maximum absolute atomic E-state index is 12.6. The van der Waals surface area contributed by atoms with Gasteiger partial charge in [0.25, 0.3) is 0 Å². The minimum absolute atomic E-state index is 0.215. The molecule has 2 aromatic rings. The van der Waals surface area contributed by atoms with E-state index >= 15 is 0 Å². The molecular formula is C17H23N5O. The highest BCUT2D eigenvalue weighted by Crippen LogP contribution is 2.20. The smallest absolute Gasteiger partial charge is 0.223 e. The second-order valence-corrected chi connectivity index (χ2v) is 6.09. The Hall–Kier alpha value is -2.24. The first kappa shape index (κ1) is 15.6. The summed E-state index contributed by atoms with van der Waals surface area (Å²) in [5.74, 6) is 1.91. The van der Waals surface area contributed by atoms with Crippen molar-refractivity contribution >= 4 is 5.91 Å². The predicted octanol–water partition coefficient (Wildman–Crippen LogP) is 1.91. The Morgan fingerprint density at radius 3 is 2.91 bits per heavy atom. The summed E-state index contributed by atoms with van der Waals surface area (Å²) in [7, 11) is 0. The van der Waals surface area contributed by atoms with Crippen LogP contribution in [-0.4, -0.2) is 43.1 Å². The maximum Gasteiger partial charge on any atom is 0.223 e. The Labute approximate surface area is 136 Å². The second kappa shape index (κ2) is 6.89. The number of nitrogens with zero attached hydrogens (tertiary/aromatic N) is 5. The standard InChI is InChI=1S/C17H23N5O/c1-13-19-14(2)22(20-13)12-16-7-5-11-21(16)17(23)9-8-15-6-3-4-10-18-15/h3-4,6,10,16H,5,7-9,11-12H2,1-2H3. The summed E-state index contributed by atoms with van der Waals surface area (Å²) in [6.07, 6.45) is 5.09. The van der Waals surface area contributed by atoms with Gasteiger partial charge >= 0.3 is 0 Å². The van der Waals surface area contributed by atoms with E-state index in [0.29, 0.717) is 12.8 Å². The molecule has 0 aromatic carbocycles. The zero-order valence-corrected chi connectivity index (χ0v) is 13.8. The molecular weight excluding hydrogens is 290 g/mol. The third kappa shape index (κ3) is 3.75. The number of likely N-dealkylation sites (tertiary alicyclic amines) is 1. The average Bonchev–Trinajstić information content (AvgIpc) is 3.13. The van der Waals surface area contributed by atoms with Crippen molar-refractivity contribution in [3.8, 4) is 0 Å². The zero-order valence-electron chi connectivity index (χ0n) is 13.8. The van der Waals surface area contributed by atoms with Crippen LogP contribution in [0.2, 0.25) is 0 Å². The van der Waals surface area contributed by atoms with Crippen molar-refractivity contribution in [2.45, 2.75) is 52.1 Å². The first-order chi connectivity index (χ1) is 11.1. The number of carbonyl (C=O) groups is 1. The van der Waals surface area contributed by atoms with Crippen molar-refractivity contribution in [1.82, 2.24) is 24.6 Å². The molecule has 1 unspecified atom stereocenters. The number of hydrogen-bond donors (Lipinski definition) is 0. The molecule has 6 nitrogen and oxygen atoms in total. The van der Waals surface area contributed by atoms with Gasteiger partial charge in [0.1, 0.15) is 11.6 Å². The van der Waals surface area contributed by atoms with Gasteiger partial charge < -0.3 is 4.90 Å². The minimum atomic E-state index is 0.215. The van der Waals surface area contributed by atoms with Crippen molar-refractivity contribution in [3.05, 3.63) is 41.7 Å². The van der Waals surface area contributed by atoms with Crippen LogP contribution in [0.15, 0.2) is 24.4 Å². The van der Waals surface area contributed by atoms with E-state index in [2.05, 4.69) is 15.1 Å². The Bertz CT molecular complexity index is 667. The first-order valence-electron chi connectivity index (χ1n) is 8.21. The predicted molar refractivity (Wildman–Crippen MR) is 86.8 cm³/mol. The molecule has 3 heterocycles. The molecule has 122 valence electrons. The summed E-state index contributed by atoms with van der Waals surface area (Å²) in [5, 5.41) is 4.42. The summed E-state index contributed by atoms with van der Waals surface area (Å²) in [5.41, 5.74) is 0.972. The molecule has 0 bridgehead atoms. The molecule has 0 N–H and O–H groups in total. The van der Waals surface area contributed by atoms with Crippen LogP contribution in [0, 0.1) is 13.8 Å². The molecule has 0 spiro atoms. The molecule has 2 aromatic heterocycles. The summed E-state index contributed by atoms with van der Waals surface area (Å²) < 4.78 is 1.92. The summed E-state index contributed by atoms with van der Waals surface area (Å²) in [6, 6.07) is 6.05. The van der Waals surface area contributed by atoms with E-state index in [0.717, 1.165) is 43.3 Å². The van der Waals surface area contributed by atoms with Crippen LogP contribution in [0.25, 0.3) is 0 Å². The lowest BCUT2D eigenvalue weighted by Gasteiger charge is -2.25. The largest absolute Gasteiger partial charge is 0.338 e. The third-order valence-electron chi connectivity index (χ3n) is 4.36. The van der Waals surface area contributed by atoms with Gasteiger partial charge in [-0.05, 0) is 45.2 Å². The lowest BCUT2D eigenvalue weighted by molar-refractivity contribution is -0.132. The lowest BCUT2D eigenvalue weighted by Crippen LogP contribution is -2.38. The van der Waals surface area contributed by atoms with E-state index < -0.39 is 0 Å². The van der Waals surface area contributed by atoms with Crippen LogP contribution >= 0.6 is 0 Å². The van der Waals surface area contributed by atoms with Gasteiger partial charge in [-0.1, -0.05) is 6.07 Å². The van der Waals surface area contributed by atoms with Crippen LogP contribution < -0.4 is 0 Å². The molecule has 1 amide bonds. The van der Waals surface area contributed by atoms with E-state index in [4.69, 9.17) is 0 Å². The van der Waals surface area contributed by atoms with E-state index in [9.17, 15) is 4.79 Å². The van der Waals surface area contributed by atoms with Crippen LogP contribution in [0.3, 0.4) is 0 Å².